The number of aromatic nitrogens is 3. The van der Waals surface area contributed by atoms with Crippen molar-refractivity contribution in [3.8, 4) is 5.75 Å². The Morgan fingerprint density at radius 1 is 1.00 bits per heavy atom. The van der Waals surface area contributed by atoms with Crippen molar-refractivity contribution in [2.75, 3.05) is 17.3 Å². The largest absolute Gasteiger partial charge is 0.497 e. The van der Waals surface area contributed by atoms with E-state index in [0.717, 1.165) is 16.9 Å². The molecular weight excluding hydrogens is 466 g/mol. The maximum absolute atomic E-state index is 13.1. The van der Waals surface area contributed by atoms with Gasteiger partial charge >= 0.3 is 0 Å². The lowest BCUT2D eigenvalue weighted by Crippen LogP contribution is -2.32. The molecule has 0 unspecified atom stereocenters. The van der Waals surface area contributed by atoms with Gasteiger partial charge in [0.25, 0.3) is 5.95 Å². The fourth-order valence-corrected chi connectivity index (χ4v) is 5.58. The van der Waals surface area contributed by atoms with Crippen LogP contribution >= 0.6 is 11.6 Å². The van der Waals surface area contributed by atoms with Gasteiger partial charge in [0, 0.05) is 5.02 Å². The molecule has 0 saturated carbocycles. The third-order valence-corrected chi connectivity index (χ3v) is 7.51. The maximum atomic E-state index is 13.1. The molecular formula is C26H24ClN5O3. The first-order valence-electron chi connectivity index (χ1n) is 11.7. The summed E-state index contributed by atoms with van der Waals surface area (Å²) in [7, 11) is 1.64. The van der Waals surface area contributed by atoms with Crippen LogP contribution in [0.5, 0.6) is 5.75 Å². The smallest absolute Gasteiger partial charge is 0.260 e. The van der Waals surface area contributed by atoms with E-state index in [1.54, 1.807) is 11.8 Å². The number of nitrogens with one attached hydrogen (secondary N) is 1. The summed E-state index contributed by atoms with van der Waals surface area (Å²) in [4.78, 5) is 32.1. The highest BCUT2D eigenvalue weighted by molar-refractivity contribution is 6.31. The molecule has 1 aliphatic carbocycles. The average Bonchev–Trinajstić information content (AvgIpc) is 3.42. The van der Waals surface area contributed by atoms with Crippen LogP contribution in [0.2, 0.25) is 5.02 Å². The van der Waals surface area contributed by atoms with E-state index >= 15 is 0 Å². The Hall–Kier alpha value is -3.65. The van der Waals surface area contributed by atoms with Crippen molar-refractivity contribution in [3.05, 3.63) is 76.8 Å². The van der Waals surface area contributed by atoms with Crippen LogP contribution < -0.4 is 15.0 Å². The second kappa shape index (κ2) is 8.53. The van der Waals surface area contributed by atoms with E-state index in [4.69, 9.17) is 16.3 Å². The van der Waals surface area contributed by atoms with Gasteiger partial charge in [0.15, 0.2) is 0 Å². The van der Waals surface area contributed by atoms with Crippen molar-refractivity contribution >= 4 is 35.3 Å². The summed E-state index contributed by atoms with van der Waals surface area (Å²) in [6.07, 6.45) is 5.73. The minimum Gasteiger partial charge on any atom is -0.497 e. The number of amides is 2. The van der Waals surface area contributed by atoms with Crippen LogP contribution in [0.3, 0.4) is 0 Å². The van der Waals surface area contributed by atoms with E-state index in [1.807, 2.05) is 60.7 Å². The van der Waals surface area contributed by atoms with Crippen molar-refractivity contribution in [1.29, 1.82) is 0 Å². The Kier molecular flexibility index (Phi) is 5.33. The standard InChI is InChI=1S/C26H24ClN5O3/c1-35-16-12-10-15(11-13-16)21-14-22(19-8-4-5-9-20(19)27)32-25(28-21)29-26(30-32)31-23(33)17-6-2-3-7-18(17)24(31)34/h2-5,8-13,17-18,21-22H,6-7,14H2,1H3,(H,28,29,30)/t17-,18+,21-,22+/m1/s1. The van der Waals surface area contributed by atoms with Crippen LogP contribution in [0.4, 0.5) is 11.9 Å². The molecule has 1 fully saturated rings. The number of allylic oxidation sites excluding steroid dienone is 2. The Labute approximate surface area is 207 Å². The van der Waals surface area contributed by atoms with Crippen molar-refractivity contribution < 1.29 is 14.3 Å². The Balaban J connectivity index is 1.40. The summed E-state index contributed by atoms with van der Waals surface area (Å²) in [6.45, 7) is 0. The first-order valence-corrected chi connectivity index (χ1v) is 12.1. The predicted octanol–water partition coefficient (Wildman–Crippen LogP) is 4.54. The number of methoxy groups -OCH3 is 1. The minimum absolute atomic E-state index is 0.0801. The highest BCUT2D eigenvalue weighted by Gasteiger charge is 2.50. The number of rotatable bonds is 4. The van der Waals surface area contributed by atoms with Crippen LogP contribution in [0.1, 0.15) is 42.5 Å². The van der Waals surface area contributed by atoms with Gasteiger partial charge in [0.05, 0.1) is 31.0 Å². The highest BCUT2D eigenvalue weighted by atomic mass is 35.5. The molecule has 1 aromatic heterocycles. The number of benzene rings is 2. The van der Waals surface area contributed by atoms with E-state index in [0.29, 0.717) is 30.2 Å². The van der Waals surface area contributed by atoms with Crippen molar-refractivity contribution in [1.82, 2.24) is 14.8 Å². The van der Waals surface area contributed by atoms with Gasteiger partial charge in [-0.3, -0.25) is 9.59 Å². The third kappa shape index (κ3) is 3.60. The SMILES string of the molecule is COc1ccc([C@H]2C[C@@H](c3ccccc3Cl)n3nc(N4C(=O)[C@H]5CC=CC[C@H]5C4=O)nc3N2)cc1. The zero-order chi connectivity index (χ0) is 24.1. The van der Waals surface area contributed by atoms with Crippen LogP contribution in [-0.2, 0) is 9.59 Å². The van der Waals surface area contributed by atoms with E-state index in [2.05, 4.69) is 15.4 Å². The molecule has 8 nitrogen and oxygen atoms in total. The number of imide groups is 1. The number of hydrogen-bond donors (Lipinski definition) is 1. The summed E-state index contributed by atoms with van der Waals surface area (Å²) >= 11 is 6.60. The van der Waals surface area contributed by atoms with E-state index in [1.165, 1.54) is 4.90 Å². The van der Waals surface area contributed by atoms with Gasteiger partial charge < -0.3 is 10.1 Å². The molecule has 3 aliphatic rings. The first kappa shape index (κ1) is 21.9. The van der Waals surface area contributed by atoms with Gasteiger partial charge in [0.1, 0.15) is 5.75 Å². The second-order valence-corrected chi connectivity index (χ2v) is 9.50. The number of nitrogens with zero attached hydrogens (tertiary/aromatic N) is 4. The van der Waals surface area contributed by atoms with Crippen LogP contribution in [-0.4, -0.2) is 33.7 Å². The monoisotopic (exact) mass is 489 g/mol. The molecule has 3 aromatic rings. The summed E-state index contributed by atoms with van der Waals surface area (Å²) in [5, 5.41) is 8.75. The number of anilines is 2. The molecule has 35 heavy (non-hydrogen) atoms. The molecule has 6 rings (SSSR count). The molecule has 2 amide bonds. The summed E-state index contributed by atoms with van der Waals surface area (Å²) in [5.41, 5.74) is 1.97. The van der Waals surface area contributed by atoms with E-state index < -0.39 is 0 Å². The van der Waals surface area contributed by atoms with E-state index in [-0.39, 0.29) is 41.7 Å². The van der Waals surface area contributed by atoms with Crippen LogP contribution in [0.25, 0.3) is 0 Å². The fourth-order valence-electron chi connectivity index (χ4n) is 5.32. The topological polar surface area (TPSA) is 89.4 Å². The van der Waals surface area contributed by atoms with Gasteiger partial charge in [0.2, 0.25) is 17.8 Å². The number of fused-ring (bicyclic) bond motifs is 2. The van der Waals surface area contributed by atoms with Gasteiger partial charge in [-0.2, -0.15) is 4.98 Å². The lowest BCUT2D eigenvalue weighted by atomic mass is 9.85. The molecule has 0 spiro atoms. The van der Waals surface area contributed by atoms with Crippen molar-refractivity contribution in [2.24, 2.45) is 11.8 Å². The molecule has 2 aliphatic heterocycles. The first-order chi connectivity index (χ1) is 17.0. The van der Waals surface area contributed by atoms with Crippen LogP contribution in [0.15, 0.2) is 60.7 Å². The maximum Gasteiger partial charge on any atom is 0.260 e. The number of hydrogen-bond acceptors (Lipinski definition) is 6. The molecule has 1 saturated heterocycles. The summed E-state index contributed by atoms with van der Waals surface area (Å²) in [5.74, 6) is 0.246. The summed E-state index contributed by atoms with van der Waals surface area (Å²) < 4.78 is 7.05. The zero-order valence-corrected chi connectivity index (χ0v) is 19.9. The molecule has 1 N–H and O–H groups in total. The molecule has 0 bridgehead atoms. The predicted molar refractivity (Wildman–Crippen MR) is 131 cm³/mol. The highest BCUT2D eigenvalue weighted by Crippen LogP contribution is 2.42. The number of halogens is 1. The lowest BCUT2D eigenvalue weighted by Gasteiger charge is -2.32. The molecule has 3 heterocycles. The van der Waals surface area contributed by atoms with Gasteiger partial charge in [-0.1, -0.05) is 54.1 Å². The number of carbonyl (C=O) groups excluding carboxylic acids is 2. The third-order valence-electron chi connectivity index (χ3n) is 7.17. The number of ether oxygens (including phenoxy) is 1. The van der Waals surface area contributed by atoms with Gasteiger partial charge in [-0.25, -0.2) is 9.58 Å². The second-order valence-electron chi connectivity index (χ2n) is 9.09. The van der Waals surface area contributed by atoms with E-state index in [9.17, 15) is 9.59 Å². The zero-order valence-electron chi connectivity index (χ0n) is 19.1. The molecule has 178 valence electrons. The molecule has 4 atom stereocenters. The quantitative estimate of drug-likeness (QED) is 0.427. The van der Waals surface area contributed by atoms with Gasteiger partial charge in [-0.15, -0.1) is 5.10 Å². The van der Waals surface area contributed by atoms with Crippen molar-refractivity contribution in [3.63, 3.8) is 0 Å². The molecule has 9 heteroatoms. The summed E-state index contributed by atoms with van der Waals surface area (Å²) in [6, 6.07) is 15.2. The molecule has 2 aromatic carbocycles. The Morgan fingerprint density at radius 3 is 2.34 bits per heavy atom. The fraction of sp³-hybridized carbons (Fsp3) is 0.308. The average molecular weight is 490 g/mol. The Bertz CT molecular complexity index is 1310. The lowest BCUT2D eigenvalue weighted by molar-refractivity contribution is -0.122. The Morgan fingerprint density at radius 2 is 1.69 bits per heavy atom. The van der Waals surface area contributed by atoms with Crippen LogP contribution in [0, 0.1) is 11.8 Å². The number of carbonyl (C=O) groups is 2. The minimum atomic E-state index is -0.340. The normalized spacial score (nSPS) is 25.3. The van der Waals surface area contributed by atoms with Crippen molar-refractivity contribution in [2.45, 2.75) is 31.3 Å². The molecule has 0 radical (unpaired) electrons. The van der Waals surface area contributed by atoms with Gasteiger partial charge in [-0.05, 0) is 48.6 Å².